The summed E-state index contributed by atoms with van der Waals surface area (Å²) in [5, 5.41) is 0. The highest BCUT2D eigenvalue weighted by atomic mass is 16.5. The van der Waals surface area contributed by atoms with Crippen LogP contribution in [-0.2, 0) is 0 Å². The second kappa shape index (κ2) is 7.83. The van der Waals surface area contributed by atoms with E-state index in [1.165, 1.54) is 6.07 Å². The molecule has 4 nitrogen and oxygen atoms in total. The highest BCUT2D eigenvalue weighted by Crippen LogP contribution is 2.27. The molecule has 3 rings (SSSR count). The Labute approximate surface area is 152 Å². The molecule has 1 heterocycles. The van der Waals surface area contributed by atoms with E-state index < -0.39 is 6.10 Å². The van der Waals surface area contributed by atoms with Crippen LogP contribution in [0.2, 0.25) is 0 Å². The minimum atomic E-state index is -0.409. The van der Waals surface area contributed by atoms with Crippen LogP contribution in [-0.4, -0.2) is 10.9 Å². The van der Waals surface area contributed by atoms with Gasteiger partial charge in [0.05, 0.1) is 11.9 Å². The molecular weight excluding hydrogens is 326 g/mol. The van der Waals surface area contributed by atoms with Crippen molar-refractivity contribution in [3.63, 3.8) is 0 Å². The Morgan fingerprint density at radius 3 is 1.92 bits per heavy atom. The summed E-state index contributed by atoms with van der Waals surface area (Å²) in [6.45, 7) is 3.90. The minimum absolute atomic E-state index is 0.0325. The third-order valence-corrected chi connectivity index (χ3v) is 4.20. The maximum Gasteiger partial charge on any atom is 0.224 e. The molecule has 26 heavy (non-hydrogen) atoms. The zero-order valence-corrected chi connectivity index (χ0v) is 14.8. The number of pyridine rings is 1. The van der Waals surface area contributed by atoms with E-state index in [4.69, 9.17) is 4.74 Å². The number of carbonyl (C=O) groups is 1. The van der Waals surface area contributed by atoms with Gasteiger partial charge in [0.1, 0.15) is 6.10 Å². The first-order valence-corrected chi connectivity index (χ1v) is 8.58. The van der Waals surface area contributed by atoms with Crippen LogP contribution in [0.25, 0.3) is 0 Å². The lowest BCUT2D eigenvalue weighted by Crippen LogP contribution is -2.19. The van der Waals surface area contributed by atoms with Crippen LogP contribution < -0.4 is 10.2 Å². The summed E-state index contributed by atoms with van der Waals surface area (Å²) < 4.78 is 7.91. The predicted octanol–water partition coefficient (Wildman–Crippen LogP) is 4.41. The van der Waals surface area contributed by atoms with Crippen molar-refractivity contribution in [2.75, 3.05) is 0 Å². The summed E-state index contributed by atoms with van der Waals surface area (Å²) in [5.74, 6) is 0.224. The lowest BCUT2D eigenvalue weighted by Gasteiger charge is -2.22. The van der Waals surface area contributed by atoms with Gasteiger partial charge in [0, 0.05) is 12.1 Å². The number of hydrogen-bond donors (Lipinski definition) is 0. The number of aldehydes is 1. The number of hydrogen-bond acceptors (Lipinski definition) is 3. The molecule has 0 unspecified atom stereocenters. The monoisotopic (exact) mass is 347 g/mol. The zero-order chi connectivity index (χ0) is 18.5. The van der Waals surface area contributed by atoms with Crippen LogP contribution in [0.4, 0.5) is 0 Å². The summed E-state index contributed by atoms with van der Waals surface area (Å²) in [4.78, 5) is 23.7. The quantitative estimate of drug-likeness (QED) is 0.621. The molecule has 0 spiro atoms. The van der Waals surface area contributed by atoms with E-state index in [0.717, 1.165) is 11.1 Å². The van der Waals surface area contributed by atoms with Gasteiger partial charge in [-0.15, -0.1) is 0 Å². The predicted molar refractivity (Wildman–Crippen MR) is 102 cm³/mol. The summed E-state index contributed by atoms with van der Waals surface area (Å²) in [7, 11) is 0. The van der Waals surface area contributed by atoms with Gasteiger partial charge in [-0.3, -0.25) is 9.59 Å². The van der Waals surface area contributed by atoms with Crippen LogP contribution in [0, 0.1) is 0 Å². The Hall–Kier alpha value is -3.14. The highest BCUT2D eigenvalue weighted by Gasteiger charge is 2.18. The average molecular weight is 347 g/mol. The lowest BCUT2D eigenvalue weighted by molar-refractivity contribution is 0.111. The Balaban J connectivity index is 2.07. The van der Waals surface area contributed by atoms with Gasteiger partial charge in [-0.1, -0.05) is 60.7 Å². The number of nitrogens with zero attached hydrogens (tertiary/aromatic N) is 1. The van der Waals surface area contributed by atoms with Crippen LogP contribution in [0.3, 0.4) is 0 Å². The molecular formula is C22H21NO3. The lowest BCUT2D eigenvalue weighted by atomic mass is 10.0. The summed E-state index contributed by atoms with van der Waals surface area (Å²) in [6.07, 6.45) is 1.90. The number of aromatic nitrogens is 1. The van der Waals surface area contributed by atoms with Crippen LogP contribution in [0.1, 0.15) is 47.6 Å². The molecule has 0 N–H and O–H groups in total. The van der Waals surface area contributed by atoms with Crippen molar-refractivity contribution in [1.82, 2.24) is 4.57 Å². The Kier molecular flexibility index (Phi) is 5.32. The first-order chi connectivity index (χ1) is 12.6. The molecule has 4 heteroatoms. The number of ether oxygens (including phenoxy) is 1. The van der Waals surface area contributed by atoms with E-state index in [1.54, 1.807) is 10.8 Å². The van der Waals surface area contributed by atoms with Crippen LogP contribution in [0.15, 0.2) is 77.7 Å². The molecule has 1 aromatic heterocycles. The molecule has 0 radical (unpaired) electrons. The number of benzene rings is 2. The molecule has 0 amide bonds. The van der Waals surface area contributed by atoms with Crippen molar-refractivity contribution in [3.8, 4) is 5.75 Å². The fraction of sp³-hybridized carbons (Fsp3) is 0.182. The van der Waals surface area contributed by atoms with Crippen molar-refractivity contribution in [2.24, 2.45) is 0 Å². The molecule has 0 aliphatic carbocycles. The van der Waals surface area contributed by atoms with E-state index in [2.05, 4.69) is 0 Å². The third-order valence-electron chi connectivity index (χ3n) is 4.20. The van der Waals surface area contributed by atoms with Gasteiger partial charge < -0.3 is 9.30 Å². The molecule has 0 bridgehead atoms. The molecule has 0 saturated heterocycles. The van der Waals surface area contributed by atoms with E-state index in [-0.39, 0.29) is 17.2 Å². The Morgan fingerprint density at radius 1 is 0.923 bits per heavy atom. The molecule has 0 aliphatic heterocycles. The molecule has 0 fully saturated rings. The van der Waals surface area contributed by atoms with E-state index >= 15 is 0 Å². The normalized spacial score (nSPS) is 10.9. The average Bonchev–Trinajstić information content (AvgIpc) is 2.68. The third kappa shape index (κ3) is 3.75. The van der Waals surface area contributed by atoms with Gasteiger partial charge in [-0.25, -0.2) is 0 Å². The second-order valence-electron chi connectivity index (χ2n) is 6.36. The number of carbonyl (C=O) groups excluding carboxylic acids is 1. The fourth-order valence-electron chi connectivity index (χ4n) is 2.89. The van der Waals surface area contributed by atoms with Gasteiger partial charge >= 0.3 is 0 Å². The van der Waals surface area contributed by atoms with E-state index in [9.17, 15) is 9.59 Å². The van der Waals surface area contributed by atoms with Crippen molar-refractivity contribution in [2.45, 2.75) is 26.0 Å². The van der Waals surface area contributed by atoms with Gasteiger partial charge in [0.2, 0.25) is 5.43 Å². The largest absolute Gasteiger partial charge is 0.475 e. The SMILES string of the molecule is CC(C)n1cc(OC(c2ccccc2)c2ccccc2)c(=O)cc1C=O. The summed E-state index contributed by atoms with van der Waals surface area (Å²) in [6, 6.07) is 20.9. The van der Waals surface area contributed by atoms with Gasteiger partial charge in [0.15, 0.2) is 12.0 Å². The Bertz CT molecular complexity index is 891. The topological polar surface area (TPSA) is 48.3 Å². The van der Waals surface area contributed by atoms with Gasteiger partial charge in [-0.2, -0.15) is 0 Å². The highest BCUT2D eigenvalue weighted by molar-refractivity contribution is 5.72. The molecule has 132 valence electrons. The Morgan fingerprint density at radius 2 is 1.46 bits per heavy atom. The van der Waals surface area contributed by atoms with Crippen LogP contribution in [0.5, 0.6) is 5.75 Å². The van der Waals surface area contributed by atoms with Crippen molar-refractivity contribution < 1.29 is 9.53 Å². The van der Waals surface area contributed by atoms with Crippen molar-refractivity contribution in [1.29, 1.82) is 0 Å². The van der Waals surface area contributed by atoms with Gasteiger partial charge in [0.25, 0.3) is 0 Å². The summed E-state index contributed by atoms with van der Waals surface area (Å²) in [5.41, 5.74) is 1.94. The molecule has 0 aliphatic rings. The first kappa shape index (κ1) is 17.7. The molecule has 3 aromatic rings. The number of rotatable bonds is 6. The van der Waals surface area contributed by atoms with E-state index in [0.29, 0.717) is 12.0 Å². The molecule has 0 atom stereocenters. The second-order valence-corrected chi connectivity index (χ2v) is 6.36. The van der Waals surface area contributed by atoms with Crippen molar-refractivity contribution >= 4 is 6.29 Å². The standard InChI is InChI=1S/C22H21NO3/c1-16(2)23-14-21(20(25)13-19(23)15-24)26-22(17-9-5-3-6-10-17)18-11-7-4-8-12-18/h3-16,22H,1-2H3. The van der Waals surface area contributed by atoms with Crippen molar-refractivity contribution in [3.05, 3.63) is 100.0 Å². The van der Waals surface area contributed by atoms with Gasteiger partial charge in [-0.05, 0) is 25.0 Å². The van der Waals surface area contributed by atoms with E-state index in [1.807, 2.05) is 74.5 Å². The zero-order valence-electron chi connectivity index (χ0n) is 14.8. The first-order valence-electron chi connectivity index (χ1n) is 8.58. The molecule has 0 saturated carbocycles. The maximum atomic E-state index is 12.5. The summed E-state index contributed by atoms with van der Waals surface area (Å²) >= 11 is 0. The maximum absolute atomic E-state index is 12.5. The molecule has 2 aromatic carbocycles. The minimum Gasteiger partial charge on any atom is -0.475 e. The van der Waals surface area contributed by atoms with Crippen LogP contribution >= 0.6 is 0 Å². The smallest absolute Gasteiger partial charge is 0.224 e. The fourth-order valence-corrected chi connectivity index (χ4v) is 2.89.